The van der Waals surface area contributed by atoms with E-state index in [0.29, 0.717) is 0 Å². The summed E-state index contributed by atoms with van der Waals surface area (Å²) in [6.45, 7) is 0. The minimum absolute atomic E-state index is 0.00288. The fraction of sp³-hybridized carbons (Fsp3) is 0.154. The van der Waals surface area contributed by atoms with E-state index in [4.69, 9.17) is 0 Å². The van der Waals surface area contributed by atoms with Crippen molar-refractivity contribution in [3.63, 3.8) is 0 Å². The third kappa shape index (κ3) is 2.46. The van der Waals surface area contributed by atoms with Crippen LogP contribution in [-0.4, -0.2) is 5.54 Å². The maximum atomic E-state index is 10.4. The standard InChI is InChI=1S/C26H19N3/c27-17-26(18-28)24(21-12-5-2-6-13-21)23(20-10-3-1-4-11-20)25-22-14-8-7-9-19(22)15-16-29(25)26/h1-16,23-25H/p+1/t23-,24+,25-/m1/s1. The topological polar surface area (TPSA) is 52.0 Å². The molecule has 0 aromatic heterocycles. The van der Waals surface area contributed by atoms with Gasteiger partial charge in [0.05, 0.1) is 18.0 Å². The monoisotopic (exact) mass is 374 g/mol. The van der Waals surface area contributed by atoms with Gasteiger partial charge in [0.1, 0.15) is 18.2 Å². The maximum absolute atomic E-state index is 10.4. The lowest BCUT2D eigenvalue weighted by molar-refractivity contribution is -0.902. The highest BCUT2D eigenvalue weighted by Gasteiger charge is 2.66. The minimum Gasteiger partial charge on any atom is -0.273 e. The molecule has 0 amide bonds. The van der Waals surface area contributed by atoms with E-state index in [1.165, 1.54) is 16.7 Å². The highest BCUT2D eigenvalue weighted by molar-refractivity contribution is 5.58. The van der Waals surface area contributed by atoms with Gasteiger partial charge in [0, 0.05) is 5.56 Å². The second-order valence-corrected chi connectivity index (χ2v) is 7.75. The molecule has 2 aliphatic heterocycles. The van der Waals surface area contributed by atoms with Crippen molar-refractivity contribution < 1.29 is 4.90 Å². The Kier molecular flexibility index (Phi) is 4.06. The molecule has 1 fully saturated rings. The first-order valence-electron chi connectivity index (χ1n) is 9.87. The first-order valence-corrected chi connectivity index (χ1v) is 9.87. The van der Waals surface area contributed by atoms with Gasteiger partial charge in [-0.05, 0) is 22.8 Å². The SMILES string of the molecule is N#CC1(C#N)[C@@H](c2ccccc2)[C@@H](c2ccccc2)[C@H]2c3ccccc3C=C[NH+]21. The van der Waals surface area contributed by atoms with E-state index < -0.39 is 5.54 Å². The van der Waals surface area contributed by atoms with Crippen molar-refractivity contribution in [1.82, 2.24) is 0 Å². The lowest BCUT2D eigenvalue weighted by Crippen LogP contribution is -3.14. The van der Waals surface area contributed by atoms with Crippen LogP contribution in [0, 0.1) is 22.7 Å². The largest absolute Gasteiger partial charge is 0.283 e. The zero-order valence-corrected chi connectivity index (χ0v) is 15.9. The Morgan fingerprint density at radius 1 is 0.724 bits per heavy atom. The highest BCUT2D eigenvalue weighted by atomic mass is 15.3. The van der Waals surface area contributed by atoms with Crippen LogP contribution in [0.25, 0.3) is 6.08 Å². The lowest BCUT2D eigenvalue weighted by atomic mass is 9.72. The number of nitriles is 2. The minimum atomic E-state index is -1.20. The predicted molar refractivity (Wildman–Crippen MR) is 112 cm³/mol. The first kappa shape index (κ1) is 17.4. The molecule has 2 heterocycles. The van der Waals surface area contributed by atoms with Crippen molar-refractivity contribution in [2.75, 3.05) is 0 Å². The summed E-state index contributed by atoms with van der Waals surface area (Å²) < 4.78 is 0. The van der Waals surface area contributed by atoms with Crippen LogP contribution in [0.2, 0.25) is 0 Å². The van der Waals surface area contributed by atoms with Crippen LogP contribution in [0.15, 0.2) is 91.1 Å². The normalized spacial score (nSPS) is 26.0. The number of benzene rings is 3. The average Bonchev–Trinajstić information content (AvgIpc) is 3.11. The van der Waals surface area contributed by atoms with E-state index in [1.54, 1.807) is 0 Å². The number of hydrogen-bond acceptors (Lipinski definition) is 2. The van der Waals surface area contributed by atoms with Crippen LogP contribution >= 0.6 is 0 Å². The number of rotatable bonds is 2. The van der Waals surface area contributed by atoms with E-state index in [1.807, 2.05) is 54.7 Å². The number of nitrogens with one attached hydrogen (secondary N) is 1. The first-order chi connectivity index (χ1) is 14.3. The highest BCUT2D eigenvalue weighted by Crippen LogP contribution is 2.51. The van der Waals surface area contributed by atoms with Gasteiger partial charge in [-0.15, -0.1) is 0 Å². The van der Waals surface area contributed by atoms with Crippen molar-refractivity contribution in [2.45, 2.75) is 23.4 Å². The van der Waals surface area contributed by atoms with Crippen LogP contribution in [0.1, 0.15) is 40.1 Å². The molecule has 3 aromatic rings. The summed E-state index contributed by atoms with van der Waals surface area (Å²) in [5, 5.41) is 20.7. The molecular formula is C26H20N3+. The third-order valence-corrected chi connectivity index (χ3v) is 6.44. The number of quaternary nitrogens is 1. The molecule has 1 N–H and O–H groups in total. The van der Waals surface area contributed by atoms with Gasteiger partial charge in [-0.25, -0.2) is 0 Å². The fourth-order valence-corrected chi connectivity index (χ4v) is 5.27. The van der Waals surface area contributed by atoms with E-state index in [0.717, 1.165) is 10.5 Å². The van der Waals surface area contributed by atoms with Crippen LogP contribution in [0.3, 0.4) is 0 Å². The van der Waals surface area contributed by atoms with Gasteiger partial charge in [-0.3, -0.25) is 4.90 Å². The summed E-state index contributed by atoms with van der Waals surface area (Å²) in [5.41, 5.74) is 3.38. The van der Waals surface area contributed by atoms with Gasteiger partial charge in [-0.2, -0.15) is 10.5 Å². The molecule has 3 nitrogen and oxygen atoms in total. The van der Waals surface area contributed by atoms with Crippen LogP contribution in [-0.2, 0) is 0 Å². The van der Waals surface area contributed by atoms with Crippen LogP contribution in [0.5, 0.6) is 0 Å². The Balaban J connectivity index is 1.82. The van der Waals surface area contributed by atoms with Gasteiger partial charge in [-0.1, -0.05) is 84.9 Å². The molecule has 3 aromatic carbocycles. The van der Waals surface area contributed by atoms with Gasteiger partial charge in [0.15, 0.2) is 0 Å². The molecule has 0 spiro atoms. The van der Waals surface area contributed by atoms with Gasteiger partial charge >= 0.3 is 0 Å². The summed E-state index contributed by atoms with van der Waals surface area (Å²) >= 11 is 0. The maximum Gasteiger partial charge on any atom is 0.283 e. The average molecular weight is 374 g/mol. The van der Waals surface area contributed by atoms with Crippen molar-refractivity contribution in [1.29, 1.82) is 10.5 Å². The lowest BCUT2D eigenvalue weighted by Gasteiger charge is -2.30. The quantitative estimate of drug-likeness (QED) is 0.738. The molecule has 3 heteroatoms. The summed E-state index contributed by atoms with van der Waals surface area (Å²) in [5.74, 6) is -0.226. The summed E-state index contributed by atoms with van der Waals surface area (Å²) in [7, 11) is 0. The zero-order chi connectivity index (χ0) is 19.8. The summed E-state index contributed by atoms with van der Waals surface area (Å²) in [6, 6.07) is 33.7. The van der Waals surface area contributed by atoms with Crippen molar-refractivity contribution in [3.8, 4) is 12.1 Å². The Bertz CT molecular complexity index is 1140. The van der Waals surface area contributed by atoms with E-state index in [-0.39, 0.29) is 17.9 Å². The smallest absolute Gasteiger partial charge is 0.273 e. The molecule has 138 valence electrons. The number of fused-ring (bicyclic) bond motifs is 3. The molecule has 1 unspecified atom stereocenters. The molecule has 4 atom stereocenters. The molecule has 0 bridgehead atoms. The summed E-state index contributed by atoms with van der Waals surface area (Å²) in [6.07, 6.45) is 4.08. The molecule has 0 saturated carbocycles. The summed E-state index contributed by atoms with van der Waals surface area (Å²) in [4.78, 5) is 0.920. The second-order valence-electron chi connectivity index (χ2n) is 7.75. The molecule has 1 saturated heterocycles. The Labute approximate surface area is 170 Å². The predicted octanol–water partition coefficient (Wildman–Crippen LogP) is 3.96. The van der Waals surface area contributed by atoms with Crippen molar-refractivity contribution >= 4 is 6.08 Å². The number of nitrogens with zero attached hydrogens (tertiary/aromatic N) is 2. The van der Waals surface area contributed by atoms with Crippen LogP contribution in [0.4, 0.5) is 0 Å². The van der Waals surface area contributed by atoms with Crippen molar-refractivity contribution in [2.24, 2.45) is 0 Å². The van der Waals surface area contributed by atoms with Crippen molar-refractivity contribution in [3.05, 3.63) is 113 Å². The van der Waals surface area contributed by atoms with Gasteiger partial charge < -0.3 is 0 Å². The van der Waals surface area contributed by atoms with E-state index in [2.05, 4.69) is 54.6 Å². The van der Waals surface area contributed by atoms with Crippen LogP contribution < -0.4 is 4.90 Å². The molecule has 2 aliphatic rings. The Morgan fingerprint density at radius 2 is 1.31 bits per heavy atom. The van der Waals surface area contributed by atoms with Gasteiger partial charge in [0.2, 0.25) is 0 Å². The van der Waals surface area contributed by atoms with E-state index in [9.17, 15) is 10.5 Å². The Hall–Kier alpha value is -3.66. The van der Waals surface area contributed by atoms with E-state index >= 15 is 0 Å². The fourth-order valence-electron chi connectivity index (χ4n) is 5.27. The third-order valence-electron chi connectivity index (χ3n) is 6.44. The molecule has 5 rings (SSSR count). The molecule has 0 aliphatic carbocycles. The molecule has 29 heavy (non-hydrogen) atoms. The Morgan fingerprint density at radius 3 is 1.97 bits per heavy atom. The second kappa shape index (κ2) is 6.74. The molecular weight excluding hydrogens is 354 g/mol. The zero-order valence-electron chi connectivity index (χ0n) is 15.9. The molecule has 0 radical (unpaired) electrons. The number of hydrogen-bond donors (Lipinski definition) is 1. The van der Waals surface area contributed by atoms with Gasteiger partial charge in [0.25, 0.3) is 5.54 Å².